The van der Waals surface area contributed by atoms with E-state index < -0.39 is 0 Å². The second-order valence-corrected chi connectivity index (χ2v) is 3.91. The Morgan fingerprint density at radius 3 is 2.00 bits per heavy atom. The Morgan fingerprint density at radius 1 is 0.941 bits per heavy atom. The van der Waals surface area contributed by atoms with Crippen molar-refractivity contribution in [2.24, 2.45) is 0 Å². The van der Waals surface area contributed by atoms with Gasteiger partial charge in [0.1, 0.15) is 0 Å². The van der Waals surface area contributed by atoms with Crippen molar-refractivity contribution >= 4 is 11.6 Å². The Morgan fingerprint density at radius 2 is 1.59 bits per heavy atom. The normalized spacial score (nSPS) is 9.29. The molecule has 2 aromatic rings. The summed E-state index contributed by atoms with van der Waals surface area (Å²) in [5.74, 6) is -0.100. The van der Waals surface area contributed by atoms with Crippen LogP contribution in [-0.4, -0.2) is 10.2 Å². The number of rotatable bonds is 1. The predicted molar refractivity (Wildman–Crippen MR) is 70.6 cm³/mol. The second-order valence-electron chi connectivity index (χ2n) is 3.47. The first-order valence-corrected chi connectivity index (χ1v) is 5.72. The van der Waals surface area contributed by atoms with E-state index in [0.717, 1.165) is 17.0 Å². The molecular formula is C14H15ClO2. The summed E-state index contributed by atoms with van der Waals surface area (Å²) in [5, 5.41) is 18.7. The summed E-state index contributed by atoms with van der Waals surface area (Å²) < 4.78 is 0. The highest BCUT2D eigenvalue weighted by atomic mass is 35.5. The third-order valence-corrected chi connectivity index (χ3v) is 2.43. The maximum atomic E-state index is 8.98. The van der Waals surface area contributed by atoms with Crippen LogP contribution in [0.15, 0.2) is 48.5 Å². The fourth-order valence-electron chi connectivity index (χ4n) is 1.20. The van der Waals surface area contributed by atoms with Crippen LogP contribution in [0, 0.1) is 0 Å². The van der Waals surface area contributed by atoms with E-state index in [4.69, 9.17) is 21.8 Å². The lowest BCUT2D eigenvalue weighted by atomic mass is 10.1. The molecule has 2 rings (SSSR count). The topological polar surface area (TPSA) is 40.5 Å². The molecule has 0 aliphatic carbocycles. The molecule has 0 amide bonds. The van der Waals surface area contributed by atoms with Gasteiger partial charge in [0.2, 0.25) is 0 Å². The van der Waals surface area contributed by atoms with E-state index in [1.165, 1.54) is 6.07 Å². The van der Waals surface area contributed by atoms with Crippen LogP contribution in [0.2, 0.25) is 5.02 Å². The van der Waals surface area contributed by atoms with Crippen molar-refractivity contribution in [3.63, 3.8) is 0 Å². The Labute approximate surface area is 106 Å². The summed E-state index contributed by atoms with van der Waals surface area (Å²) in [4.78, 5) is 0. The lowest BCUT2D eigenvalue weighted by molar-refractivity contribution is 0.403. The molecule has 0 radical (unpaired) electrons. The number of aromatic hydroxyl groups is 2. The molecule has 0 aliphatic heterocycles. The van der Waals surface area contributed by atoms with Gasteiger partial charge in [-0.15, -0.1) is 0 Å². The maximum absolute atomic E-state index is 8.98. The van der Waals surface area contributed by atoms with Crippen molar-refractivity contribution in [2.75, 3.05) is 0 Å². The van der Waals surface area contributed by atoms with Crippen LogP contribution in [0.5, 0.6) is 11.5 Å². The number of aryl methyl sites for hydroxylation is 1. The number of benzene rings is 2. The van der Waals surface area contributed by atoms with Crippen LogP contribution >= 0.6 is 11.6 Å². The molecular weight excluding hydrogens is 236 g/mol. The van der Waals surface area contributed by atoms with Crippen LogP contribution in [0.4, 0.5) is 0 Å². The quantitative estimate of drug-likeness (QED) is 0.751. The van der Waals surface area contributed by atoms with Gasteiger partial charge in [-0.25, -0.2) is 0 Å². The fourth-order valence-corrected chi connectivity index (χ4v) is 1.35. The Kier molecular flexibility index (Phi) is 5.37. The lowest BCUT2D eigenvalue weighted by Crippen LogP contribution is -1.77. The van der Waals surface area contributed by atoms with Crippen LogP contribution in [-0.2, 0) is 6.42 Å². The minimum atomic E-state index is -0.0581. The highest BCUT2D eigenvalue weighted by Crippen LogP contribution is 2.24. The van der Waals surface area contributed by atoms with Gasteiger partial charge >= 0.3 is 0 Å². The first kappa shape index (κ1) is 13.4. The molecule has 0 aromatic heterocycles. The Bertz CT molecular complexity index is 455. The number of hydrogen-bond donors (Lipinski definition) is 2. The first-order valence-electron chi connectivity index (χ1n) is 5.35. The van der Waals surface area contributed by atoms with Gasteiger partial charge in [0, 0.05) is 5.02 Å². The zero-order valence-electron chi connectivity index (χ0n) is 9.60. The molecule has 0 aliphatic rings. The molecule has 0 saturated carbocycles. The molecule has 3 heteroatoms. The molecule has 0 bridgehead atoms. The van der Waals surface area contributed by atoms with E-state index >= 15 is 0 Å². The predicted octanol–water partition coefficient (Wildman–Crippen LogP) is 4.00. The third-order valence-electron chi connectivity index (χ3n) is 2.18. The van der Waals surface area contributed by atoms with E-state index in [2.05, 4.69) is 0 Å². The Balaban J connectivity index is 0.000000181. The summed E-state index contributed by atoms with van der Waals surface area (Å²) in [6.45, 7) is 1.99. The molecule has 2 nitrogen and oxygen atoms in total. The van der Waals surface area contributed by atoms with Crippen molar-refractivity contribution in [3.05, 3.63) is 59.1 Å². The van der Waals surface area contributed by atoms with Crippen molar-refractivity contribution in [1.82, 2.24) is 0 Å². The van der Waals surface area contributed by atoms with Crippen molar-refractivity contribution in [1.29, 1.82) is 0 Å². The molecule has 0 heterocycles. The highest BCUT2D eigenvalue weighted by Gasteiger charge is 1.97. The fraction of sp³-hybridized carbons (Fsp3) is 0.143. The van der Waals surface area contributed by atoms with Crippen LogP contribution in [0.1, 0.15) is 12.5 Å². The van der Waals surface area contributed by atoms with Gasteiger partial charge in [-0.05, 0) is 36.2 Å². The van der Waals surface area contributed by atoms with E-state index in [9.17, 15) is 0 Å². The van der Waals surface area contributed by atoms with Crippen molar-refractivity contribution in [3.8, 4) is 11.5 Å². The summed E-state index contributed by atoms with van der Waals surface area (Å²) in [7, 11) is 0. The lowest BCUT2D eigenvalue weighted by Gasteiger charge is -1.98. The molecule has 0 fully saturated rings. The number of phenols is 2. The van der Waals surface area contributed by atoms with Crippen molar-refractivity contribution in [2.45, 2.75) is 13.3 Å². The molecule has 2 aromatic carbocycles. The summed E-state index contributed by atoms with van der Waals surface area (Å²) in [6, 6.07) is 14.3. The van der Waals surface area contributed by atoms with Gasteiger partial charge in [-0.2, -0.15) is 0 Å². The van der Waals surface area contributed by atoms with Crippen LogP contribution in [0.25, 0.3) is 0 Å². The third kappa shape index (κ3) is 4.79. The molecule has 0 atom stereocenters. The highest BCUT2D eigenvalue weighted by molar-refractivity contribution is 6.30. The second kappa shape index (κ2) is 6.81. The van der Waals surface area contributed by atoms with Crippen molar-refractivity contribution < 1.29 is 10.2 Å². The number of phenolic OH excluding ortho intramolecular Hbond substituents is 2. The minimum absolute atomic E-state index is 0.0423. The standard InChI is InChI=1S/C8H10O2.C6H5Cl/c1-2-6-3-4-7(9)8(10)5-6;7-6-4-2-1-3-5-6/h3-5,9-10H,2H2,1H3;1-5H. The number of hydrogen-bond acceptors (Lipinski definition) is 2. The largest absolute Gasteiger partial charge is 0.504 e. The SMILES string of the molecule is CCc1ccc(O)c(O)c1.Clc1ccccc1. The monoisotopic (exact) mass is 250 g/mol. The van der Waals surface area contributed by atoms with Crippen LogP contribution in [0.3, 0.4) is 0 Å². The smallest absolute Gasteiger partial charge is 0.157 e. The zero-order valence-corrected chi connectivity index (χ0v) is 10.4. The zero-order chi connectivity index (χ0) is 12.7. The summed E-state index contributed by atoms with van der Waals surface area (Å²) in [6.07, 6.45) is 0.869. The minimum Gasteiger partial charge on any atom is -0.504 e. The Hall–Kier alpha value is -1.67. The van der Waals surface area contributed by atoms with Gasteiger partial charge in [0.25, 0.3) is 0 Å². The summed E-state index contributed by atoms with van der Waals surface area (Å²) in [5.41, 5.74) is 1.02. The van der Waals surface area contributed by atoms with Crippen LogP contribution < -0.4 is 0 Å². The number of halogens is 1. The van der Waals surface area contributed by atoms with Gasteiger partial charge in [0.05, 0.1) is 0 Å². The van der Waals surface area contributed by atoms with E-state index in [0.29, 0.717) is 0 Å². The van der Waals surface area contributed by atoms with E-state index in [1.54, 1.807) is 12.1 Å². The van der Waals surface area contributed by atoms with Gasteiger partial charge in [-0.1, -0.05) is 42.8 Å². The maximum Gasteiger partial charge on any atom is 0.157 e. The molecule has 90 valence electrons. The van der Waals surface area contributed by atoms with Gasteiger partial charge in [0.15, 0.2) is 11.5 Å². The molecule has 0 saturated heterocycles. The first-order chi connectivity index (χ1) is 8.13. The molecule has 17 heavy (non-hydrogen) atoms. The molecule has 0 unspecified atom stereocenters. The van der Waals surface area contributed by atoms with E-state index in [1.807, 2.05) is 37.3 Å². The van der Waals surface area contributed by atoms with Gasteiger partial charge < -0.3 is 10.2 Å². The summed E-state index contributed by atoms with van der Waals surface area (Å²) >= 11 is 5.54. The average molecular weight is 251 g/mol. The average Bonchev–Trinajstić information content (AvgIpc) is 2.34. The van der Waals surface area contributed by atoms with Gasteiger partial charge in [-0.3, -0.25) is 0 Å². The van der Waals surface area contributed by atoms with E-state index in [-0.39, 0.29) is 11.5 Å². The molecule has 2 N–H and O–H groups in total. The molecule has 0 spiro atoms.